The van der Waals surface area contributed by atoms with Crippen LogP contribution in [-0.4, -0.2) is 11.6 Å². The maximum absolute atomic E-state index is 5.90. The lowest BCUT2D eigenvalue weighted by atomic mass is 10.1. The molecule has 2 rings (SSSR count). The standard InChI is InChI=1S/C27H41NO/c1-3-5-7-9-10-12-14-22-29-26-19-17-25(18-20-26)27-21-16-24(23-28-27)15-13-11-8-6-4-2/h16-21,23H,3-15,22H2,1-2H3. The van der Waals surface area contributed by atoms with Crippen molar-refractivity contribution < 1.29 is 4.74 Å². The minimum atomic E-state index is 0.818. The van der Waals surface area contributed by atoms with Crippen molar-refractivity contribution in [2.75, 3.05) is 6.61 Å². The van der Waals surface area contributed by atoms with E-state index in [0.29, 0.717) is 0 Å². The molecule has 0 aliphatic rings. The summed E-state index contributed by atoms with van der Waals surface area (Å²) in [7, 11) is 0. The summed E-state index contributed by atoms with van der Waals surface area (Å²) >= 11 is 0. The van der Waals surface area contributed by atoms with Crippen LogP contribution in [0.1, 0.15) is 96.5 Å². The van der Waals surface area contributed by atoms with Crippen molar-refractivity contribution in [2.45, 2.75) is 97.3 Å². The van der Waals surface area contributed by atoms with E-state index in [1.807, 2.05) is 6.20 Å². The molecule has 0 aliphatic carbocycles. The number of pyridine rings is 1. The van der Waals surface area contributed by atoms with Gasteiger partial charge in [0.05, 0.1) is 12.3 Å². The molecule has 0 saturated carbocycles. The fourth-order valence-electron chi connectivity index (χ4n) is 3.65. The van der Waals surface area contributed by atoms with Gasteiger partial charge >= 0.3 is 0 Å². The molecule has 160 valence electrons. The number of rotatable bonds is 16. The van der Waals surface area contributed by atoms with Crippen LogP contribution in [0.15, 0.2) is 42.6 Å². The lowest BCUT2D eigenvalue weighted by molar-refractivity contribution is 0.304. The molecule has 2 nitrogen and oxygen atoms in total. The molecule has 0 spiro atoms. The molecule has 0 amide bonds. The van der Waals surface area contributed by atoms with E-state index in [2.05, 4.69) is 55.2 Å². The van der Waals surface area contributed by atoms with Crippen molar-refractivity contribution in [1.29, 1.82) is 0 Å². The van der Waals surface area contributed by atoms with E-state index in [9.17, 15) is 0 Å². The molecule has 1 aromatic carbocycles. The Balaban J connectivity index is 1.67. The Morgan fingerprint density at radius 3 is 1.90 bits per heavy atom. The third-order valence-corrected chi connectivity index (χ3v) is 5.56. The summed E-state index contributed by atoms with van der Waals surface area (Å²) in [6, 6.07) is 12.8. The highest BCUT2D eigenvalue weighted by Gasteiger charge is 2.02. The molecular formula is C27H41NO. The largest absolute Gasteiger partial charge is 0.494 e. The minimum Gasteiger partial charge on any atom is -0.494 e. The van der Waals surface area contributed by atoms with Crippen molar-refractivity contribution in [2.24, 2.45) is 0 Å². The molecule has 0 saturated heterocycles. The van der Waals surface area contributed by atoms with Crippen LogP contribution in [0.3, 0.4) is 0 Å². The number of hydrogen-bond acceptors (Lipinski definition) is 2. The van der Waals surface area contributed by atoms with Crippen LogP contribution < -0.4 is 4.74 Å². The summed E-state index contributed by atoms with van der Waals surface area (Å²) in [6.07, 6.45) is 19.0. The molecule has 0 fully saturated rings. The summed E-state index contributed by atoms with van der Waals surface area (Å²) in [6.45, 7) is 5.34. The van der Waals surface area contributed by atoms with E-state index in [4.69, 9.17) is 4.74 Å². The maximum atomic E-state index is 5.90. The summed E-state index contributed by atoms with van der Waals surface area (Å²) in [5.41, 5.74) is 3.54. The van der Waals surface area contributed by atoms with E-state index in [0.717, 1.165) is 36.5 Å². The summed E-state index contributed by atoms with van der Waals surface area (Å²) in [4.78, 5) is 4.67. The van der Waals surface area contributed by atoms with Crippen LogP contribution >= 0.6 is 0 Å². The van der Waals surface area contributed by atoms with Crippen LogP contribution in [-0.2, 0) is 6.42 Å². The average molecular weight is 396 g/mol. The molecule has 1 heterocycles. The summed E-state index contributed by atoms with van der Waals surface area (Å²) in [5, 5.41) is 0. The van der Waals surface area contributed by atoms with Gasteiger partial charge in [0, 0.05) is 11.8 Å². The van der Waals surface area contributed by atoms with Gasteiger partial charge in [0.1, 0.15) is 5.75 Å². The molecule has 0 aliphatic heterocycles. The smallest absolute Gasteiger partial charge is 0.119 e. The van der Waals surface area contributed by atoms with Gasteiger partial charge in [-0.3, -0.25) is 4.98 Å². The van der Waals surface area contributed by atoms with E-state index < -0.39 is 0 Å². The van der Waals surface area contributed by atoms with Crippen molar-refractivity contribution in [1.82, 2.24) is 4.98 Å². The average Bonchev–Trinajstić information content (AvgIpc) is 2.76. The van der Waals surface area contributed by atoms with Crippen molar-refractivity contribution in [3.63, 3.8) is 0 Å². The molecule has 1 aromatic heterocycles. The first-order chi connectivity index (χ1) is 14.3. The van der Waals surface area contributed by atoms with Gasteiger partial charge in [0.2, 0.25) is 0 Å². The van der Waals surface area contributed by atoms with Crippen LogP contribution in [0.4, 0.5) is 0 Å². The summed E-state index contributed by atoms with van der Waals surface area (Å²) < 4.78 is 5.90. The molecular weight excluding hydrogens is 354 g/mol. The van der Waals surface area contributed by atoms with Crippen molar-refractivity contribution >= 4 is 0 Å². The van der Waals surface area contributed by atoms with Crippen LogP contribution in [0.5, 0.6) is 5.75 Å². The zero-order valence-electron chi connectivity index (χ0n) is 18.8. The van der Waals surface area contributed by atoms with Gasteiger partial charge in [-0.05, 0) is 55.2 Å². The summed E-state index contributed by atoms with van der Waals surface area (Å²) in [5.74, 6) is 0.962. The Hall–Kier alpha value is -1.83. The first kappa shape index (κ1) is 23.4. The van der Waals surface area contributed by atoms with Crippen molar-refractivity contribution in [3.8, 4) is 17.0 Å². The zero-order valence-corrected chi connectivity index (χ0v) is 18.8. The number of ether oxygens (including phenoxy) is 1. The number of aryl methyl sites for hydroxylation is 1. The minimum absolute atomic E-state index is 0.818. The predicted molar refractivity (Wildman–Crippen MR) is 126 cm³/mol. The lowest BCUT2D eigenvalue weighted by Crippen LogP contribution is -1.97. The van der Waals surface area contributed by atoms with Crippen LogP contribution in [0, 0.1) is 0 Å². The Labute approximate surface area is 179 Å². The van der Waals surface area contributed by atoms with Crippen LogP contribution in [0.25, 0.3) is 11.3 Å². The molecule has 0 N–H and O–H groups in total. The van der Waals surface area contributed by atoms with Gasteiger partial charge in [0.25, 0.3) is 0 Å². The monoisotopic (exact) mass is 395 g/mol. The highest BCUT2D eigenvalue weighted by molar-refractivity contribution is 5.60. The van der Waals surface area contributed by atoms with Gasteiger partial charge < -0.3 is 4.74 Å². The second-order valence-electron chi connectivity index (χ2n) is 8.21. The second-order valence-corrected chi connectivity index (χ2v) is 8.21. The topological polar surface area (TPSA) is 22.1 Å². The highest BCUT2D eigenvalue weighted by atomic mass is 16.5. The number of benzene rings is 1. The Bertz CT molecular complexity index is 633. The quantitative estimate of drug-likeness (QED) is 0.266. The first-order valence-corrected chi connectivity index (χ1v) is 12.0. The first-order valence-electron chi connectivity index (χ1n) is 12.0. The molecule has 0 atom stereocenters. The molecule has 2 heteroatoms. The van der Waals surface area contributed by atoms with E-state index >= 15 is 0 Å². The Morgan fingerprint density at radius 2 is 1.28 bits per heavy atom. The Morgan fingerprint density at radius 1 is 0.655 bits per heavy atom. The second kappa shape index (κ2) is 15.1. The number of hydrogen-bond donors (Lipinski definition) is 0. The molecule has 0 bridgehead atoms. The van der Waals surface area contributed by atoms with E-state index in [-0.39, 0.29) is 0 Å². The SMILES string of the molecule is CCCCCCCCCOc1ccc(-c2ccc(CCCCCCC)cn2)cc1. The molecule has 0 radical (unpaired) electrons. The maximum Gasteiger partial charge on any atom is 0.119 e. The normalized spacial score (nSPS) is 11.0. The third kappa shape index (κ3) is 9.96. The zero-order chi connectivity index (χ0) is 20.6. The predicted octanol–water partition coefficient (Wildman–Crippen LogP) is 8.39. The van der Waals surface area contributed by atoms with Gasteiger partial charge in [-0.1, -0.05) is 84.1 Å². The third-order valence-electron chi connectivity index (χ3n) is 5.56. The van der Waals surface area contributed by atoms with Crippen LogP contribution in [0.2, 0.25) is 0 Å². The molecule has 2 aromatic rings. The fraction of sp³-hybridized carbons (Fsp3) is 0.593. The number of unbranched alkanes of at least 4 members (excludes halogenated alkanes) is 10. The molecule has 0 unspecified atom stereocenters. The van der Waals surface area contributed by atoms with E-state index in [1.165, 1.54) is 76.2 Å². The Kier molecular flexibility index (Phi) is 12.2. The van der Waals surface area contributed by atoms with Gasteiger partial charge in [-0.25, -0.2) is 0 Å². The van der Waals surface area contributed by atoms with Gasteiger partial charge in [-0.2, -0.15) is 0 Å². The molecule has 29 heavy (non-hydrogen) atoms. The van der Waals surface area contributed by atoms with Gasteiger partial charge in [-0.15, -0.1) is 0 Å². The highest BCUT2D eigenvalue weighted by Crippen LogP contribution is 2.21. The fourth-order valence-corrected chi connectivity index (χ4v) is 3.65. The van der Waals surface area contributed by atoms with Crippen molar-refractivity contribution in [3.05, 3.63) is 48.2 Å². The van der Waals surface area contributed by atoms with Gasteiger partial charge in [0.15, 0.2) is 0 Å². The lowest BCUT2D eigenvalue weighted by Gasteiger charge is -2.08. The van der Waals surface area contributed by atoms with E-state index in [1.54, 1.807) is 0 Å². The number of nitrogens with zero attached hydrogens (tertiary/aromatic N) is 1. The number of aromatic nitrogens is 1.